The molecule has 0 radical (unpaired) electrons. The van der Waals surface area contributed by atoms with Crippen LogP contribution < -0.4 is 5.32 Å². The van der Waals surface area contributed by atoms with E-state index in [2.05, 4.69) is 10.3 Å². The Balaban J connectivity index is 1.72. The van der Waals surface area contributed by atoms with Crippen LogP contribution in [0.15, 0.2) is 54.9 Å². The highest BCUT2D eigenvalue weighted by atomic mass is 16.1. The van der Waals surface area contributed by atoms with Gasteiger partial charge in [-0.3, -0.25) is 9.59 Å². The van der Waals surface area contributed by atoms with Crippen LogP contribution in [-0.4, -0.2) is 21.1 Å². The Hall–Kier alpha value is -2.95. The summed E-state index contributed by atoms with van der Waals surface area (Å²) >= 11 is 0. The number of anilines is 1. The largest absolute Gasteiger partial charge is 0.326 e. The predicted molar refractivity (Wildman–Crippen MR) is 84.0 cm³/mol. The Morgan fingerprint density at radius 1 is 1.18 bits per heavy atom. The van der Waals surface area contributed by atoms with Gasteiger partial charge in [0, 0.05) is 23.6 Å². The summed E-state index contributed by atoms with van der Waals surface area (Å²) in [6.45, 7) is 1.50. The monoisotopic (exact) mass is 293 g/mol. The van der Waals surface area contributed by atoms with E-state index in [4.69, 9.17) is 0 Å². The van der Waals surface area contributed by atoms with Crippen LogP contribution in [0.1, 0.15) is 23.0 Å². The number of benzene rings is 1. The van der Waals surface area contributed by atoms with Crippen LogP contribution in [0.3, 0.4) is 0 Å². The van der Waals surface area contributed by atoms with E-state index < -0.39 is 0 Å². The van der Waals surface area contributed by atoms with Crippen molar-refractivity contribution >= 4 is 23.0 Å². The van der Waals surface area contributed by atoms with Crippen molar-refractivity contribution in [3.05, 3.63) is 66.1 Å². The highest BCUT2D eigenvalue weighted by Crippen LogP contribution is 2.12. The van der Waals surface area contributed by atoms with E-state index >= 15 is 0 Å². The molecule has 5 heteroatoms. The third kappa shape index (κ3) is 3.03. The summed E-state index contributed by atoms with van der Waals surface area (Å²) in [5.74, 6) is -0.194. The smallest absolute Gasteiger partial charge is 0.230 e. The minimum absolute atomic E-state index is 0.0311. The number of ketones is 1. The fraction of sp³-hybridized carbons (Fsp3) is 0.118. The molecule has 2 heterocycles. The van der Waals surface area contributed by atoms with Crippen LogP contribution in [0.4, 0.5) is 5.69 Å². The number of amides is 1. The van der Waals surface area contributed by atoms with E-state index in [0.717, 1.165) is 5.65 Å². The van der Waals surface area contributed by atoms with Gasteiger partial charge in [-0.2, -0.15) is 0 Å². The average molecular weight is 293 g/mol. The van der Waals surface area contributed by atoms with Crippen molar-refractivity contribution in [1.82, 2.24) is 9.38 Å². The molecule has 1 aromatic carbocycles. The van der Waals surface area contributed by atoms with Gasteiger partial charge in [0.2, 0.25) is 5.91 Å². The van der Waals surface area contributed by atoms with Crippen molar-refractivity contribution in [1.29, 1.82) is 0 Å². The summed E-state index contributed by atoms with van der Waals surface area (Å²) in [6, 6.07) is 12.6. The molecule has 0 atom stereocenters. The SMILES string of the molecule is CC(=O)c1cccc(NC(=O)Cc2cn3ccccc3n2)c1. The van der Waals surface area contributed by atoms with Crippen molar-refractivity contribution < 1.29 is 9.59 Å². The molecule has 2 aromatic heterocycles. The first-order chi connectivity index (χ1) is 10.6. The second-order valence-corrected chi connectivity index (χ2v) is 5.06. The Bertz CT molecular complexity index is 819. The maximum absolute atomic E-state index is 12.1. The Labute approximate surface area is 127 Å². The van der Waals surface area contributed by atoms with Gasteiger partial charge in [-0.25, -0.2) is 4.98 Å². The Morgan fingerprint density at radius 2 is 2.05 bits per heavy atom. The number of pyridine rings is 1. The number of nitrogens with zero attached hydrogens (tertiary/aromatic N) is 2. The number of nitrogens with one attached hydrogen (secondary N) is 1. The van der Waals surface area contributed by atoms with Crippen LogP contribution in [0.5, 0.6) is 0 Å². The molecule has 0 saturated carbocycles. The third-order valence-electron chi connectivity index (χ3n) is 3.31. The van der Waals surface area contributed by atoms with Gasteiger partial charge >= 0.3 is 0 Å². The van der Waals surface area contributed by atoms with Gasteiger partial charge in [-0.1, -0.05) is 18.2 Å². The standard InChI is InChI=1S/C17H15N3O2/c1-12(21)13-5-4-6-14(9-13)19-17(22)10-15-11-20-8-3-2-7-16(20)18-15/h2-9,11H,10H2,1H3,(H,19,22). The lowest BCUT2D eigenvalue weighted by Crippen LogP contribution is -2.14. The summed E-state index contributed by atoms with van der Waals surface area (Å²) in [4.78, 5) is 27.8. The molecule has 5 nitrogen and oxygen atoms in total. The highest BCUT2D eigenvalue weighted by Gasteiger charge is 2.09. The van der Waals surface area contributed by atoms with E-state index in [9.17, 15) is 9.59 Å². The minimum atomic E-state index is -0.163. The minimum Gasteiger partial charge on any atom is -0.326 e. The topological polar surface area (TPSA) is 63.5 Å². The Kier molecular flexibility index (Phi) is 3.70. The molecule has 1 amide bonds. The van der Waals surface area contributed by atoms with Crippen molar-refractivity contribution in [2.75, 3.05) is 5.32 Å². The van der Waals surface area contributed by atoms with Gasteiger partial charge in [0.15, 0.2) is 5.78 Å². The summed E-state index contributed by atoms with van der Waals surface area (Å²) in [5, 5.41) is 2.79. The fourth-order valence-electron chi connectivity index (χ4n) is 2.26. The van der Waals surface area contributed by atoms with Crippen LogP contribution in [0.2, 0.25) is 0 Å². The molecule has 0 aliphatic rings. The van der Waals surface area contributed by atoms with E-state index in [1.807, 2.05) is 35.0 Å². The summed E-state index contributed by atoms with van der Waals surface area (Å²) in [5.41, 5.74) is 2.70. The summed E-state index contributed by atoms with van der Waals surface area (Å²) in [7, 11) is 0. The highest BCUT2D eigenvalue weighted by molar-refractivity contribution is 5.97. The molecule has 22 heavy (non-hydrogen) atoms. The third-order valence-corrected chi connectivity index (χ3v) is 3.31. The maximum atomic E-state index is 12.1. The molecule has 0 aliphatic carbocycles. The molecule has 0 bridgehead atoms. The van der Waals surface area contributed by atoms with Crippen LogP contribution in [-0.2, 0) is 11.2 Å². The molecular weight excluding hydrogens is 278 g/mol. The van der Waals surface area contributed by atoms with Crippen LogP contribution >= 0.6 is 0 Å². The number of imidazole rings is 1. The van der Waals surface area contributed by atoms with Gasteiger partial charge in [0.1, 0.15) is 5.65 Å². The lowest BCUT2D eigenvalue weighted by atomic mass is 10.1. The van der Waals surface area contributed by atoms with Gasteiger partial charge < -0.3 is 9.72 Å². The van der Waals surface area contributed by atoms with Crippen molar-refractivity contribution in [3.8, 4) is 0 Å². The molecule has 110 valence electrons. The van der Waals surface area contributed by atoms with Crippen LogP contribution in [0.25, 0.3) is 5.65 Å². The van der Waals surface area contributed by atoms with Crippen LogP contribution in [0, 0.1) is 0 Å². The molecule has 3 rings (SSSR count). The first kappa shape index (κ1) is 14.0. The number of rotatable bonds is 4. The molecule has 0 unspecified atom stereocenters. The molecule has 3 aromatic rings. The lowest BCUT2D eigenvalue weighted by molar-refractivity contribution is -0.115. The normalized spacial score (nSPS) is 10.6. The van der Waals surface area contributed by atoms with Crippen molar-refractivity contribution in [2.45, 2.75) is 13.3 Å². The molecule has 0 saturated heterocycles. The van der Waals surface area contributed by atoms with E-state index in [-0.39, 0.29) is 18.1 Å². The molecule has 0 aliphatic heterocycles. The fourth-order valence-corrected chi connectivity index (χ4v) is 2.26. The molecular formula is C17H15N3O2. The number of hydrogen-bond acceptors (Lipinski definition) is 3. The zero-order valence-electron chi connectivity index (χ0n) is 12.1. The first-order valence-electron chi connectivity index (χ1n) is 6.95. The Morgan fingerprint density at radius 3 is 2.82 bits per heavy atom. The van der Waals surface area contributed by atoms with E-state index in [1.165, 1.54) is 6.92 Å². The van der Waals surface area contributed by atoms with E-state index in [0.29, 0.717) is 16.9 Å². The van der Waals surface area contributed by atoms with Gasteiger partial charge in [0.05, 0.1) is 12.1 Å². The summed E-state index contributed by atoms with van der Waals surface area (Å²) in [6.07, 6.45) is 3.91. The second kappa shape index (κ2) is 5.81. The lowest BCUT2D eigenvalue weighted by Gasteiger charge is -2.05. The zero-order valence-corrected chi connectivity index (χ0v) is 12.1. The number of fused-ring (bicyclic) bond motifs is 1. The summed E-state index contributed by atoms with van der Waals surface area (Å²) < 4.78 is 1.87. The average Bonchev–Trinajstić information content (AvgIpc) is 2.89. The number of hydrogen-bond donors (Lipinski definition) is 1. The quantitative estimate of drug-likeness (QED) is 0.752. The van der Waals surface area contributed by atoms with Gasteiger partial charge in [0.25, 0.3) is 0 Å². The number of Topliss-reactive ketones (excluding diaryl/α,β-unsaturated/α-hetero) is 1. The number of carbonyl (C=O) groups is 2. The van der Waals surface area contributed by atoms with Gasteiger partial charge in [-0.05, 0) is 31.2 Å². The first-order valence-corrected chi connectivity index (χ1v) is 6.95. The maximum Gasteiger partial charge on any atom is 0.230 e. The molecule has 0 spiro atoms. The van der Waals surface area contributed by atoms with Crippen molar-refractivity contribution in [3.63, 3.8) is 0 Å². The van der Waals surface area contributed by atoms with Gasteiger partial charge in [-0.15, -0.1) is 0 Å². The second-order valence-electron chi connectivity index (χ2n) is 5.06. The zero-order chi connectivity index (χ0) is 15.5. The van der Waals surface area contributed by atoms with Crippen molar-refractivity contribution in [2.24, 2.45) is 0 Å². The molecule has 1 N–H and O–H groups in total. The molecule has 0 fully saturated rings. The number of carbonyl (C=O) groups excluding carboxylic acids is 2. The van der Waals surface area contributed by atoms with E-state index in [1.54, 1.807) is 24.3 Å². The number of aromatic nitrogens is 2. The predicted octanol–water partition coefficient (Wildman–Crippen LogP) is 2.72.